The molecule has 0 amide bonds. The average molecular weight is 433 g/mol. The first-order valence-corrected chi connectivity index (χ1v) is 13.2. The van der Waals surface area contributed by atoms with Gasteiger partial charge in [0.25, 0.3) is 0 Å². The fourth-order valence-corrected chi connectivity index (χ4v) is 10.3. The Morgan fingerprint density at radius 3 is 2.03 bits per heavy atom. The molecular weight excluding hydrogens is 392 g/mol. The van der Waals surface area contributed by atoms with Crippen molar-refractivity contribution in [1.82, 2.24) is 9.55 Å². The van der Waals surface area contributed by atoms with Crippen LogP contribution in [-0.4, -0.2) is 38.7 Å². The first-order chi connectivity index (χ1) is 14.3. The summed E-state index contributed by atoms with van der Waals surface area (Å²) < 4.78 is 19.5. The SMILES string of the molecule is COCn1cc(-c2ccc(OC)cc2)nc1CCCO[Si](C(C)C)(C(C)C)C(C)C. The minimum absolute atomic E-state index is 0.502. The van der Waals surface area contributed by atoms with E-state index >= 15 is 0 Å². The molecule has 30 heavy (non-hydrogen) atoms. The summed E-state index contributed by atoms with van der Waals surface area (Å²) >= 11 is 0. The standard InChI is InChI=1S/C24H40N2O3Si/c1-18(2)30(19(3)4,20(5)6)29-15-9-10-24-25-23(16-26(24)17-27-7)21-11-13-22(28-8)14-12-21/h11-14,16,18-20H,9-10,15,17H2,1-8H3. The van der Waals surface area contributed by atoms with E-state index in [4.69, 9.17) is 18.9 Å². The van der Waals surface area contributed by atoms with Gasteiger partial charge in [-0.25, -0.2) is 4.98 Å². The largest absolute Gasteiger partial charge is 0.497 e. The van der Waals surface area contributed by atoms with Gasteiger partial charge in [-0.15, -0.1) is 0 Å². The topological polar surface area (TPSA) is 45.5 Å². The molecule has 5 nitrogen and oxygen atoms in total. The highest BCUT2D eigenvalue weighted by Crippen LogP contribution is 2.42. The number of aromatic nitrogens is 2. The molecular formula is C24H40N2O3Si. The highest BCUT2D eigenvalue weighted by atomic mass is 28.4. The normalized spacial score (nSPS) is 12.4. The maximum atomic E-state index is 6.71. The number of imidazole rings is 1. The summed E-state index contributed by atoms with van der Waals surface area (Å²) in [6.45, 7) is 15.3. The van der Waals surface area contributed by atoms with E-state index < -0.39 is 8.32 Å². The van der Waals surface area contributed by atoms with Crippen LogP contribution >= 0.6 is 0 Å². The van der Waals surface area contributed by atoms with E-state index in [0.717, 1.165) is 42.3 Å². The van der Waals surface area contributed by atoms with Crippen molar-refractivity contribution in [3.63, 3.8) is 0 Å². The second-order valence-corrected chi connectivity index (χ2v) is 14.4. The molecule has 0 unspecified atom stereocenters. The van der Waals surface area contributed by atoms with Gasteiger partial charge in [0.15, 0.2) is 8.32 Å². The molecule has 0 atom stereocenters. The van der Waals surface area contributed by atoms with Crippen LogP contribution in [0.4, 0.5) is 0 Å². The summed E-state index contributed by atoms with van der Waals surface area (Å²) in [5, 5.41) is 0. The van der Waals surface area contributed by atoms with Gasteiger partial charge in [-0.2, -0.15) is 0 Å². The van der Waals surface area contributed by atoms with Gasteiger partial charge in [0, 0.05) is 31.9 Å². The number of hydrogen-bond acceptors (Lipinski definition) is 4. The number of rotatable bonds is 12. The molecule has 0 aliphatic rings. The lowest BCUT2D eigenvalue weighted by Crippen LogP contribution is -2.48. The van der Waals surface area contributed by atoms with Crippen LogP contribution in [0.5, 0.6) is 5.75 Å². The van der Waals surface area contributed by atoms with E-state index in [9.17, 15) is 0 Å². The molecule has 0 N–H and O–H groups in total. The minimum atomic E-state index is -1.81. The van der Waals surface area contributed by atoms with Gasteiger partial charge in [0.1, 0.15) is 18.3 Å². The fourth-order valence-electron chi connectivity index (χ4n) is 4.78. The van der Waals surface area contributed by atoms with Crippen LogP contribution in [0.2, 0.25) is 16.6 Å². The monoisotopic (exact) mass is 432 g/mol. The van der Waals surface area contributed by atoms with Gasteiger partial charge in [-0.05, 0) is 47.3 Å². The Bertz CT molecular complexity index is 747. The van der Waals surface area contributed by atoms with E-state index in [0.29, 0.717) is 23.4 Å². The highest BCUT2D eigenvalue weighted by Gasteiger charge is 2.44. The quantitative estimate of drug-likeness (QED) is 0.292. The molecule has 0 aliphatic carbocycles. The molecule has 1 aromatic carbocycles. The summed E-state index contributed by atoms with van der Waals surface area (Å²) in [5.74, 6) is 1.89. The zero-order valence-corrected chi connectivity index (χ0v) is 21.1. The Morgan fingerprint density at radius 2 is 1.53 bits per heavy atom. The molecule has 0 aliphatic heterocycles. The van der Waals surface area contributed by atoms with Gasteiger partial charge in [-0.3, -0.25) is 0 Å². The highest BCUT2D eigenvalue weighted by molar-refractivity contribution is 6.77. The third-order valence-corrected chi connectivity index (χ3v) is 12.2. The van der Waals surface area contributed by atoms with Crippen LogP contribution in [0, 0.1) is 0 Å². The van der Waals surface area contributed by atoms with Crippen molar-refractivity contribution in [3.8, 4) is 17.0 Å². The minimum Gasteiger partial charge on any atom is -0.497 e. The smallest absolute Gasteiger partial charge is 0.200 e. The Balaban J connectivity index is 2.09. The van der Waals surface area contributed by atoms with E-state index in [2.05, 4.69) is 52.3 Å². The summed E-state index contributed by atoms with van der Waals surface area (Å²) in [6.07, 6.45) is 3.90. The van der Waals surface area contributed by atoms with E-state index in [-0.39, 0.29) is 0 Å². The third kappa shape index (κ3) is 5.53. The molecule has 0 saturated carbocycles. The number of nitrogens with zero attached hydrogens (tertiary/aromatic N) is 2. The zero-order chi connectivity index (χ0) is 22.3. The Morgan fingerprint density at radius 1 is 0.933 bits per heavy atom. The number of ether oxygens (including phenoxy) is 2. The van der Waals surface area contributed by atoms with E-state index in [1.165, 1.54) is 0 Å². The first kappa shape index (κ1) is 24.6. The average Bonchev–Trinajstić information content (AvgIpc) is 3.10. The van der Waals surface area contributed by atoms with Crippen molar-refractivity contribution in [3.05, 3.63) is 36.3 Å². The summed E-state index contributed by atoms with van der Waals surface area (Å²) in [4.78, 5) is 4.89. The van der Waals surface area contributed by atoms with Crippen molar-refractivity contribution in [1.29, 1.82) is 0 Å². The molecule has 1 aromatic heterocycles. The third-order valence-electron chi connectivity index (χ3n) is 6.12. The van der Waals surface area contributed by atoms with Crippen LogP contribution in [0.3, 0.4) is 0 Å². The lowest BCUT2D eigenvalue weighted by atomic mass is 10.2. The van der Waals surface area contributed by atoms with Crippen molar-refractivity contribution in [2.45, 2.75) is 77.7 Å². The number of hydrogen-bond donors (Lipinski definition) is 0. The summed E-state index contributed by atoms with van der Waals surface area (Å²) in [7, 11) is 1.58. The van der Waals surface area contributed by atoms with Crippen LogP contribution < -0.4 is 4.74 Å². The van der Waals surface area contributed by atoms with Crippen LogP contribution in [0.1, 0.15) is 53.8 Å². The molecule has 0 bridgehead atoms. The predicted molar refractivity (Wildman–Crippen MR) is 127 cm³/mol. The van der Waals surface area contributed by atoms with Crippen molar-refractivity contribution in [2.75, 3.05) is 20.8 Å². The molecule has 0 radical (unpaired) electrons. The summed E-state index contributed by atoms with van der Waals surface area (Å²) in [5.41, 5.74) is 3.86. The number of aryl methyl sites for hydroxylation is 1. The lowest BCUT2D eigenvalue weighted by Gasteiger charge is -2.42. The first-order valence-electron chi connectivity index (χ1n) is 11.1. The molecule has 6 heteroatoms. The maximum Gasteiger partial charge on any atom is 0.200 e. The molecule has 2 aromatic rings. The van der Waals surface area contributed by atoms with Crippen LogP contribution in [0.25, 0.3) is 11.3 Å². The molecule has 0 saturated heterocycles. The fraction of sp³-hybridized carbons (Fsp3) is 0.625. The Hall–Kier alpha value is -1.63. The second kappa shape index (κ2) is 11.1. The van der Waals surface area contributed by atoms with Crippen molar-refractivity contribution < 1.29 is 13.9 Å². The Kier molecular flexibility index (Phi) is 9.13. The van der Waals surface area contributed by atoms with Gasteiger partial charge in [0.05, 0.1) is 12.8 Å². The lowest BCUT2D eigenvalue weighted by molar-refractivity contribution is 0.128. The number of methoxy groups -OCH3 is 2. The predicted octanol–water partition coefficient (Wildman–Crippen LogP) is 6.29. The van der Waals surface area contributed by atoms with Crippen molar-refractivity contribution in [2.24, 2.45) is 0 Å². The number of benzene rings is 1. The summed E-state index contributed by atoms with van der Waals surface area (Å²) in [6, 6.07) is 8.01. The molecule has 0 fully saturated rings. The second-order valence-electron chi connectivity index (χ2n) is 8.93. The molecule has 2 rings (SSSR count). The Labute approximate surface area is 183 Å². The zero-order valence-electron chi connectivity index (χ0n) is 20.1. The maximum absolute atomic E-state index is 6.71. The van der Waals surface area contributed by atoms with Gasteiger partial charge in [0.2, 0.25) is 0 Å². The molecule has 1 heterocycles. The molecule has 0 spiro atoms. The van der Waals surface area contributed by atoms with E-state index in [1.54, 1.807) is 14.2 Å². The van der Waals surface area contributed by atoms with Gasteiger partial charge >= 0.3 is 0 Å². The van der Waals surface area contributed by atoms with E-state index in [1.807, 2.05) is 24.3 Å². The van der Waals surface area contributed by atoms with Crippen LogP contribution in [0.15, 0.2) is 30.5 Å². The molecule has 168 valence electrons. The van der Waals surface area contributed by atoms with Crippen molar-refractivity contribution >= 4 is 8.32 Å². The van der Waals surface area contributed by atoms with Crippen LogP contribution in [-0.2, 0) is 22.3 Å². The van der Waals surface area contributed by atoms with Gasteiger partial charge in [-0.1, -0.05) is 41.5 Å². The van der Waals surface area contributed by atoms with Gasteiger partial charge < -0.3 is 18.5 Å².